The highest BCUT2D eigenvalue weighted by atomic mass is 35.5. The molecule has 0 unspecified atom stereocenters. The molecule has 0 aliphatic carbocycles. The Hall–Kier alpha value is 0.340. The molecule has 0 aromatic rings. The van der Waals surface area contributed by atoms with E-state index < -0.39 is 0 Å². The Kier molecular flexibility index (Phi) is 19.8. The van der Waals surface area contributed by atoms with Gasteiger partial charge in [0.2, 0.25) is 0 Å². The number of nitrogens with zero attached hydrogens (tertiary/aromatic N) is 2. The lowest BCUT2D eigenvalue weighted by atomic mass is 10.5. The molecule has 22 heavy (non-hydrogen) atoms. The van der Waals surface area contributed by atoms with Crippen LogP contribution in [0.25, 0.3) is 0 Å². The van der Waals surface area contributed by atoms with Crippen molar-refractivity contribution in [3.05, 3.63) is 0 Å². The molecule has 0 spiro atoms. The van der Waals surface area contributed by atoms with Crippen LogP contribution >= 0.6 is 24.8 Å². The molecule has 1 saturated heterocycles. The maximum absolute atomic E-state index is 5.54. The number of likely N-dealkylation sites (N-methyl/N-ethyl adjacent to an activating group) is 2. The lowest BCUT2D eigenvalue weighted by molar-refractivity contribution is 0.0137. The van der Waals surface area contributed by atoms with Crippen LogP contribution in [0, 0.1) is 0 Å². The molecule has 0 aromatic carbocycles. The Bertz CT molecular complexity index is 187. The van der Waals surface area contributed by atoms with E-state index >= 15 is 0 Å². The van der Waals surface area contributed by atoms with Crippen LogP contribution < -0.4 is 0 Å². The summed E-state index contributed by atoms with van der Waals surface area (Å²) < 4.78 is 22.1. The Morgan fingerprint density at radius 1 is 0.455 bits per heavy atom. The second kappa shape index (κ2) is 17.7. The van der Waals surface area contributed by atoms with E-state index in [-0.39, 0.29) is 24.8 Å². The van der Waals surface area contributed by atoms with E-state index in [0.29, 0.717) is 26.4 Å². The van der Waals surface area contributed by atoms with Crippen LogP contribution in [-0.4, -0.2) is 103 Å². The van der Waals surface area contributed by atoms with Crippen molar-refractivity contribution in [3.8, 4) is 0 Å². The van der Waals surface area contributed by atoms with Crippen LogP contribution in [0.1, 0.15) is 0 Å². The van der Waals surface area contributed by atoms with Crippen molar-refractivity contribution in [2.24, 2.45) is 0 Å². The fraction of sp³-hybridized carbons (Fsp3) is 1.00. The third-order valence-electron chi connectivity index (χ3n) is 3.21. The van der Waals surface area contributed by atoms with Gasteiger partial charge in [-0.1, -0.05) is 0 Å². The van der Waals surface area contributed by atoms with Gasteiger partial charge in [0, 0.05) is 26.2 Å². The second-order valence-corrected chi connectivity index (χ2v) is 5.06. The molecule has 1 aliphatic heterocycles. The minimum atomic E-state index is 0. The SMILES string of the molecule is CN1CCOCCOCCN(C)CCOCCOCC1.Cl.Cl. The molecule has 8 heteroatoms. The molecule has 0 N–H and O–H groups in total. The average Bonchev–Trinajstić information content (AvgIpc) is 2.43. The molecule has 136 valence electrons. The van der Waals surface area contributed by atoms with Gasteiger partial charge in [-0.3, -0.25) is 0 Å². The monoisotopic (exact) mass is 362 g/mol. The van der Waals surface area contributed by atoms with Crippen LogP contribution in [-0.2, 0) is 18.9 Å². The maximum atomic E-state index is 5.54. The van der Waals surface area contributed by atoms with E-state index in [4.69, 9.17) is 18.9 Å². The molecule has 0 aromatic heterocycles. The Balaban J connectivity index is 0. The van der Waals surface area contributed by atoms with Gasteiger partial charge >= 0.3 is 0 Å². The van der Waals surface area contributed by atoms with E-state index in [1.165, 1.54) is 0 Å². The summed E-state index contributed by atoms with van der Waals surface area (Å²) in [5.74, 6) is 0. The summed E-state index contributed by atoms with van der Waals surface area (Å²) in [7, 11) is 4.15. The smallest absolute Gasteiger partial charge is 0.0701 e. The molecule has 0 amide bonds. The third-order valence-corrected chi connectivity index (χ3v) is 3.21. The molecule has 0 saturated carbocycles. The third kappa shape index (κ3) is 15.2. The highest BCUT2D eigenvalue weighted by molar-refractivity contribution is 5.85. The lowest BCUT2D eigenvalue weighted by Crippen LogP contribution is -2.29. The van der Waals surface area contributed by atoms with Gasteiger partial charge in [-0.2, -0.15) is 0 Å². The van der Waals surface area contributed by atoms with E-state index in [1.54, 1.807) is 0 Å². The van der Waals surface area contributed by atoms with Gasteiger partial charge in [0.05, 0.1) is 52.9 Å². The quantitative estimate of drug-likeness (QED) is 0.634. The van der Waals surface area contributed by atoms with Crippen molar-refractivity contribution < 1.29 is 18.9 Å². The van der Waals surface area contributed by atoms with Gasteiger partial charge in [0.15, 0.2) is 0 Å². The topological polar surface area (TPSA) is 43.4 Å². The van der Waals surface area contributed by atoms with Crippen molar-refractivity contribution >= 4 is 24.8 Å². The van der Waals surface area contributed by atoms with Gasteiger partial charge in [-0.15, -0.1) is 24.8 Å². The maximum Gasteiger partial charge on any atom is 0.0701 e. The average molecular weight is 363 g/mol. The fourth-order valence-electron chi connectivity index (χ4n) is 1.75. The molecule has 0 atom stereocenters. The summed E-state index contributed by atoms with van der Waals surface area (Å²) >= 11 is 0. The summed E-state index contributed by atoms with van der Waals surface area (Å²) in [6, 6.07) is 0. The van der Waals surface area contributed by atoms with Gasteiger partial charge in [0.1, 0.15) is 0 Å². The Labute approximate surface area is 147 Å². The summed E-state index contributed by atoms with van der Waals surface area (Å²) in [5, 5.41) is 0. The minimum absolute atomic E-state index is 0. The van der Waals surface area contributed by atoms with Crippen LogP contribution in [0.5, 0.6) is 0 Å². The summed E-state index contributed by atoms with van der Waals surface area (Å²) in [6.07, 6.45) is 0. The van der Waals surface area contributed by atoms with Gasteiger partial charge in [-0.25, -0.2) is 0 Å². The second-order valence-electron chi connectivity index (χ2n) is 5.06. The molecule has 1 fully saturated rings. The molecule has 1 heterocycles. The predicted octanol–water partition coefficient (Wildman–Crippen LogP) is 0.774. The minimum Gasteiger partial charge on any atom is -0.378 e. The molecule has 6 nitrogen and oxygen atoms in total. The van der Waals surface area contributed by atoms with E-state index in [1.807, 2.05) is 0 Å². The van der Waals surface area contributed by atoms with Gasteiger partial charge in [0.25, 0.3) is 0 Å². The zero-order chi connectivity index (χ0) is 14.5. The Morgan fingerprint density at radius 2 is 0.682 bits per heavy atom. The van der Waals surface area contributed by atoms with Gasteiger partial charge in [-0.05, 0) is 14.1 Å². The summed E-state index contributed by atoms with van der Waals surface area (Å²) in [6.45, 7) is 9.29. The first-order valence-corrected chi connectivity index (χ1v) is 7.47. The zero-order valence-electron chi connectivity index (χ0n) is 13.8. The van der Waals surface area contributed by atoms with Crippen molar-refractivity contribution in [1.82, 2.24) is 9.80 Å². The highest BCUT2D eigenvalue weighted by Gasteiger charge is 2.01. The molecule has 0 bridgehead atoms. The standard InChI is InChI=1S/C14H30N2O4.2ClH/c1-15-3-7-17-11-13-19-9-5-16(2)6-10-20-14-12-18-8-4-15;;/h3-14H2,1-2H3;2*1H. The number of halogens is 2. The van der Waals surface area contributed by atoms with Crippen LogP contribution in [0.4, 0.5) is 0 Å². The van der Waals surface area contributed by atoms with Crippen molar-refractivity contribution in [2.45, 2.75) is 0 Å². The molecule has 1 aliphatic rings. The fourth-order valence-corrected chi connectivity index (χ4v) is 1.75. The van der Waals surface area contributed by atoms with Crippen molar-refractivity contribution in [1.29, 1.82) is 0 Å². The van der Waals surface area contributed by atoms with E-state index in [9.17, 15) is 0 Å². The predicted molar refractivity (Wildman–Crippen MR) is 92.8 cm³/mol. The molecular weight excluding hydrogens is 331 g/mol. The first-order valence-electron chi connectivity index (χ1n) is 7.47. The van der Waals surface area contributed by atoms with Crippen molar-refractivity contribution in [2.75, 3.05) is 93.1 Å². The van der Waals surface area contributed by atoms with Crippen molar-refractivity contribution in [3.63, 3.8) is 0 Å². The van der Waals surface area contributed by atoms with E-state index in [2.05, 4.69) is 23.9 Å². The van der Waals surface area contributed by atoms with Crippen LogP contribution in [0.2, 0.25) is 0 Å². The number of rotatable bonds is 0. The summed E-state index contributed by atoms with van der Waals surface area (Å²) in [4.78, 5) is 4.42. The lowest BCUT2D eigenvalue weighted by Gasteiger charge is -2.18. The summed E-state index contributed by atoms with van der Waals surface area (Å²) in [5.41, 5.74) is 0. The normalized spacial score (nSPS) is 22.6. The molecule has 1 rings (SSSR count). The molecule has 0 radical (unpaired) electrons. The number of hydrogen-bond donors (Lipinski definition) is 0. The Morgan fingerprint density at radius 3 is 0.909 bits per heavy atom. The zero-order valence-corrected chi connectivity index (χ0v) is 15.5. The van der Waals surface area contributed by atoms with Gasteiger partial charge < -0.3 is 28.7 Å². The number of ether oxygens (including phenoxy) is 4. The first-order chi connectivity index (χ1) is 9.79. The highest BCUT2D eigenvalue weighted by Crippen LogP contribution is 1.89. The largest absolute Gasteiger partial charge is 0.378 e. The molecular formula is C14H32Cl2N2O4. The number of hydrogen-bond acceptors (Lipinski definition) is 6. The first kappa shape index (κ1) is 24.6. The van der Waals surface area contributed by atoms with E-state index in [0.717, 1.165) is 52.6 Å². The van der Waals surface area contributed by atoms with Crippen LogP contribution in [0.3, 0.4) is 0 Å². The van der Waals surface area contributed by atoms with Crippen LogP contribution in [0.15, 0.2) is 0 Å².